The van der Waals surface area contributed by atoms with E-state index in [1.165, 1.54) is 23.9 Å². The van der Waals surface area contributed by atoms with Crippen molar-refractivity contribution in [2.24, 2.45) is 0 Å². The smallest absolute Gasteiger partial charge is 0.268 e. The van der Waals surface area contributed by atoms with Crippen molar-refractivity contribution in [2.75, 3.05) is 18.0 Å². The van der Waals surface area contributed by atoms with Crippen molar-refractivity contribution in [2.45, 2.75) is 51.7 Å². The number of aliphatic hydroxyl groups excluding tert-OH is 1. The first kappa shape index (κ1) is 14.1. The fourth-order valence-electron chi connectivity index (χ4n) is 2.51. The van der Waals surface area contributed by atoms with Gasteiger partial charge in [0.15, 0.2) is 0 Å². The summed E-state index contributed by atoms with van der Waals surface area (Å²) in [5.74, 6) is 0. The second-order valence-electron chi connectivity index (χ2n) is 5.22. The molecular formula is C14H23N3O2. The highest BCUT2D eigenvalue weighted by Crippen LogP contribution is 2.16. The predicted octanol–water partition coefficient (Wildman–Crippen LogP) is 1.39. The maximum absolute atomic E-state index is 12.0. The summed E-state index contributed by atoms with van der Waals surface area (Å²) in [6.07, 6.45) is 6.48. The zero-order chi connectivity index (χ0) is 13.7. The van der Waals surface area contributed by atoms with Crippen LogP contribution >= 0.6 is 0 Å². The van der Waals surface area contributed by atoms with Gasteiger partial charge in [-0.1, -0.05) is 13.3 Å². The summed E-state index contributed by atoms with van der Waals surface area (Å²) in [6, 6.07) is 1.64. The van der Waals surface area contributed by atoms with Crippen LogP contribution in [0.3, 0.4) is 0 Å². The molecule has 1 fully saturated rings. The van der Waals surface area contributed by atoms with Crippen molar-refractivity contribution in [1.29, 1.82) is 0 Å². The third-order valence-corrected chi connectivity index (χ3v) is 3.58. The topological polar surface area (TPSA) is 58.4 Å². The number of aromatic nitrogens is 2. The van der Waals surface area contributed by atoms with Gasteiger partial charge < -0.3 is 10.0 Å². The quantitative estimate of drug-likeness (QED) is 0.874. The van der Waals surface area contributed by atoms with Gasteiger partial charge in [0.1, 0.15) is 0 Å². The molecule has 19 heavy (non-hydrogen) atoms. The average Bonchev–Trinajstić information content (AvgIpc) is 2.42. The van der Waals surface area contributed by atoms with Gasteiger partial charge in [-0.2, -0.15) is 5.10 Å². The largest absolute Gasteiger partial charge is 0.391 e. The summed E-state index contributed by atoms with van der Waals surface area (Å²) in [4.78, 5) is 14.2. The van der Waals surface area contributed by atoms with E-state index in [4.69, 9.17) is 0 Å². The van der Waals surface area contributed by atoms with E-state index >= 15 is 0 Å². The number of anilines is 1. The molecule has 0 spiro atoms. The lowest BCUT2D eigenvalue weighted by atomic mass is 10.1. The van der Waals surface area contributed by atoms with E-state index in [0.717, 1.165) is 25.2 Å². The first-order valence-electron chi connectivity index (χ1n) is 7.21. The minimum absolute atomic E-state index is 0.127. The maximum atomic E-state index is 12.0. The Morgan fingerprint density at radius 3 is 2.74 bits per heavy atom. The Hall–Kier alpha value is -1.36. The molecule has 1 N–H and O–H groups in total. The third-order valence-electron chi connectivity index (χ3n) is 3.58. The van der Waals surface area contributed by atoms with Crippen LogP contribution in [0.15, 0.2) is 17.1 Å². The highest BCUT2D eigenvalue weighted by Gasteiger charge is 2.13. The van der Waals surface area contributed by atoms with Crippen LogP contribution in [0.5, 0.6) is 0 Å². The van der Waals surface area contributed by atoms with Gasteiger partial charge in [0.25, 0.3) is 5.56 Å². The van der Waals surface area contributed by atoms with Crippen LogP contribution in [0, 0.1) is 0 Å². The molecule has 0 aromatic carbocycles. The summed E-state index contributed by atoms with van der Waals surface area (Å²) < 4.78 is 1.35. The molecule has 5 heteroatoms. The van der Waals surface area contributed by atoms with E-state index in [0.29, 0.717) is 6.42 Å². The number of piperidine rings is 1. The van der Waals surface area contributed by atoms with E-state index in [9.17, 15) is 9.90 Å². The van der Waals surface area contributed by atoms with Crippen molar-refractivity contribution < 1.29 is 5.11 Å². The van der Waals surface area contributed by atoms with Gasteiger partial charge >= 0.3 is 0 Å². The molecule has 5 nitrogen and oxygen atoms in total. The summed E-state index contributed by atoms with van der Waals surface area (Å²) >= 11 is 0. The molecule has 1 saturated heterocycles. The Balaban J connectivity index is 2.06. The standard InChI is InChI=1S/C14H23N3O2/c1-2-6-13(18)11-17-14(19)9-12(10-15-17)16-7-4-3-5-8-16/h9-10,13,18H,2-8,11H2,1H3. The maximum Gasteiger partial charge on any atom is 0.268 e. The molecule has 0 amide bonds. The molecule has 106 valence electrons. The van der Waals surface area contributed by atoms with Crippen LogP contribution in [-0.2, 0) is 6.54 Å². The van der Waals surface area contributed by atoms with Crippen LogP contribution < -0.4 is 10.5 Å². The zero-order valence-electron chi connectivity index (χ0n) is 11.6. The van der Waals surface area contributed by atoms with Gasteiger partial charge in [-0.25, -0.2) is 4.68 Å². The van der Waals surface area contributed by atoms with Gasteiger partial charge in [-0.3, -0.25) is 4.79 Å². The van der Waals surface area contributed by atoms with E-state index in [1.807, 2.05) is 6.92 Å². The van der Waals surface area contributed by atoms with Gasteiger partial charge in [0, 0.05) is 19.2 Å². The molecule has 1 atom stereocenters. The fourth-order valence-corrected chi connectivity index (χ4v) is 2.51. The lowest BCUT2D eigenvalue weighted by Gasteiger charge is -2.28. The van der Waals surface area contributed by atoms with E-state index < -0.39 is 6.10 Å². The molecule has 2 rings (SSSR count). The van der Waals surface area contributed by atoms with E-state index in [-0.39, 0.29) is 12.1 Å². The summed E-state index contributed by atoms with van der Waals surface area (Å²) in [6.45, 7) is 4.30. The van der Waals surface area contributed by atoms with Crippen molar-refractivity contribution in [3.63, 3.8) is 0 Å². The Morgan fingerprint density at radius 2 is 2.11 bits per heavy atom. The molecule has 1 aliphatic rings. The first-order valence-corrected chi connectivity index (χ1v) is 7.21. The third kappa shape index (κ3) is 3.80. The molecule has 2 heterocycles. The summed E-state index contributed by atoms with van der Waals surface area (Å²) in [5, 5.41) is 13.9. The Kier molecular flexibility index (Phi) is 4.96. The average molecular weight is 265 g/mol. The minimum Gasteiger partial charge on any atom is -0.391 e. The van der Waals surface area contributed by atoms with Crippen molar-refractivity contribution in [3.05, 3.63) is 22.6 Å². The normalized spacial score (nSPS) is 17.5. The van der Waals surface area contributed by atoms with E-state index in [2.05, 4.69) is 10.00 Å². The van der Waals surface area contributed by atoms with Crippen molar-refractivity contribution in [3.8, 4) is 0 Å². The number of hydrogen-bond donors (Lipinski definition) is 1. The molecule has 0 saturated carbocycles. The monoisotopic (exact) mass is 265 g/mol. The Bertz CT molecular complexity index is 452. The molecule has 0 aliphatic carbocycles. The van der Waals surface area contributed by atoms with Gasteiger partial charge in [0.05, 0.1) is 24.5 Å². The number of rotatable bonds is 5. The second kappa shape index (κ2) is 6.70. The van der Waals surface area contributed by atoms with Crippen molar-refractivity contribution >= 4 is 5.69 Å². The molecule has 1 unspecified atom stereocenters. The van der Waals surface area contributed by atoms with E-state index in [1.54, 1.807) is 12.3 Å². The number of hydrogen-bond acceptors (Lipinski definition) is 4. The SMILES string of the molecule is CCCC(O)Cn1ncc(N2CCCCC2)cc1=O. The highest BCUT2D eigenvalue weighted by molar-refractivity contribution is 5.43. The van der Waals surface area contributed by atoms with Gasteiger partial charge in [-0.15, -0.1) is 0 Å². The highest BCUT2D eigenvalue weighted by atomic mass is 16.3. The molecular weight excluding hydrogens is 242 g/mol. The van der Waals surface area contributed by atoms with Gasteiger partial charge in [0.2, 0.25) is 0 Å². The van der Waals surface area contributed by atoms with Gasteiger partial charge in [-0.05, 0) is 25.7 Å². The lowest BCUT2D eigenvalue weighted by Crippen LogP contribution is -2.33. The van der Waals surface area contributed by atoms with Crippen LogP contribution in [0.25, 0.3) is 0 Å². The Labute approximate surface area is 113 Å². The zero-order valence-corrected chi connectivity index (χ0v) is 11.6. The van der Waals surface area contributed by atoms with Crippen LogP contribution in [0.1, 0.15) is 39.0 Å². The molecule has 1 aromatic rings. The molecule has 0 radical (unpaired) electrons. The number of nitrogens with zero attached hydrogens (tertiary/aromatic N) is 3. The van der Waals surface area contributed by atoms with Crippen molar-refractivity contribution in [1.82, 2.24) is 9.78 Å². The molecule has 1 aromatic heterocycles. The Morgan fingerprint density at radius 1 is 1.37 bits per heavy atom. The first-order chi connectivity index (χ1) is 9.20. The number of aliphatic hydroxyl groups is 1. The van der Waals surface area contributed by atoms with Crippen LogP contribution in [0.4, 0.5) is 5.69 Å². The summed E-state index contributed by atoms with van der Waals surface area (Å²) in [5.41, 5.74) is 0.782. The molecule has 0 bridgehead atoms. The van der Waals surface area contributed by atoms with Crippen LogP contribution in [0.2, 0.25) is 0 Å². The second-order valence-corrected chi connectivity index (χ2v) is 5.22. The predicted molar refractivity (Wildman–Crippen MR) is 75.5 cm³/mol. The minimum atomic E-state index is -0.490. The molecule has 1 aliphatic heterocycles. The lowest BCUT2D eigenvalue weighted by molar-refractivity contribution is 0.137. The summed E-state index contributed by atoms with van der Waals surface area (Å²) in [7, 11) is 0. The van der Waals surface area contributed by atoms with Crippen LogP contribution in [-0.4, -0.2) is 34.1 Å². The fraction of sp³-hybridized carbons (Fsp3) is 0.714.